The quantitative estimate of drug-likeness (QED) is 0.714. The molecule has 1 aliphatic heterocycles. The highest BCUT2D eigenvalue weighted by Gasteiger charge is 2.45. The molecule has 0 radical (unpaired) electrons. The standard InChI is InChI=1S/C21H23NO/c1-14-4-6-17-18-7-5-15(2)13-20(18)21(19(17)12-14)8-10-22(11-9-21)16(3)23/h4-7,12-13H,8-11H2,1-3H3. The molecule has 0 unspecified atom stereocenters. The van der Waals surface area contributed by atoms with Gasteiger partial charge in [-0.3, -0.25) is 4.79 Å². The van der Waals surface area contributed by atoms with Gasteiger partial charge in [-0.1, -0.05) is 47.5 Å². The highest BCUT2D eigenvalue weighted by atomic mass is 16.2. The predicted molar refractivity (Wildman–Crippen MR) is 93.6 cm³/mol. The lowest BCUT2D eigenvalue weighted by Gasteiger charge is -2.41. The normalized spacial score (nSPS) is 18.0. The summed E-state index contributed by atoms with van der Waals surface area (Å²) in [7, 11) is 0. The Kier molecular flexibility index (Phi) is 3.12. The summed E-state index contributed by atoms with van der Waals surface area (Å²) in [5.74, 6) is 0.201. The van der Waals surface area contributed by atoms with E-state index in [1.54, 1.807) is 6.92 Å². The lowest BCUT2D eigenvalue weighted by molar-refractivity contribution is -0.130. The van der Waals surface area contributed by atoms with Crippen molar-refractivity contribution in [2.45, 2.75) is 39.0 Å². The SMILES string of the molecule is CC(=O)N1CCC2(CC1)c1cc(C)ccc1-c1ccc(C)cc12. The first kappa shape index (κ1) is 14.5. The van der Waals surface area contributed by atoms with E-state index in [1.807, 2.05) is 4.90 Å². The van der Waals surface area contributed by atoms with Gasteiger partial charge in [0.2, 0.25) is 5.91 Å². The molecule has 1 amide bonds. The molecule has 0 aromatic heterocycles. The molecule has 2 aromatic carbocycles. The number of piperidine rings is 1. The Hall–Kier alpha value is -2.09. The third kappa shape index (κ3) is 2.04. The number of benzene rings is 2. The number of likely N-dealkylation sites (tertiary alicyclic amines) is 1. The first-order valence-corrected chi connectivity index (χ1v) is 8.49. The van der Waals surface area contributed by atoms with Crippen molar-refractivity contribution in [3.05, 3.63) is 58.7 Å². The minimum Gasteiger partial charge on any atom is -0.343 e. The van der Waals surface area contributed by atoms with Gasteiger partial charge in [-0.15, -0.1) is 0 Å². The van der Waals surface area contributed by atoms with Gasteiger partial charge in [0.05, 0.1) is 0 Å². The van der Waals surface area contributed by atoms with E-state index in [9.17, 15) is 4.79 Å². The highest BCUT2D eigenvalue weighted by molar-refractivity contribution is 5.82. The van der Waals surface area contributed by atoms with Crippen molar-refractivity contribution in [2.75, 3.05) is 13.1 Å². The van der Waals surface area contributed by atoms with E-state index >= 15 is 0 Å². The van der Waals surface area contributed by atoms with Crippen LogP contribution in [-0.2, 0) is 10.2 Å². The first-order chi connectivity index (χ1) is 11.0. The van der Waals surface area contributed by atoms with Gasteiger partial charge in [-0.05, 0) is 48.9 Å². The number of fused-ring (bicyclic) bond motifs is 5. The Morgan fingerprint density at radius 2 is 1.39 bits per heavy atom. The number of amides is 1. The van der Waals surface area contributed by atoms with Gasteiger partial charge in [0, 0.05) is 25.4 Å². The average molecular weight is 305 g/mol. The van der Waals surface area contributed by atoms with Gasteiger partial charge in [0.15, 0.2) is 0 Å². The van der Waals surface area contributed by atoms with Crippen molar-refractivity contribution in [3.63, 3.8) is 0 Å². The molecule has 0 bridgehead atoms. The molecular weight excluding hydrogens is 282 g/mol. The highest BCUT2D eigenvalue weighted by Crippen LogP contribution is 2.54. The molecule has 2 heteroatoms. The van der Waals surface area contributed by atoms with Gasteiger partial charge in [0.1, 0.15) is 0 Å². The second-order valence-corrected chi connectivity index (χ2v) is 7.19. The van der Waals surface area contributed by atoms with Crippen molar-refractivity contribution < 1.29 is 4.79 Å². The van der Waals surface area contributed by atoms with E-state index in [2.05, 4.69) is 50.2 Å². The van der Waals surface area contributed by atoms with Crippen LogP contribution < -0.4 is 0 Å². The number of carbonyl (C=O) groups is 1. The molecule has 1 fully saturated rings. The topological polar surface area (TPSA) is 20.3 Å². The van der Waals surface area contributed by atoms with Crippen molar-refractivity contribution in [1.29, 1.82) is 0 Å². The molecule has 118 valence electrons. The van der Waals surface area contributed by atoms with Crippen LogP contribution in [0.4, 0.5) is 0 Å². The van der Waals surface area contributed by atoms with E-state index < -0.39 is 0 Å². The third-order valence-electron chi connectivity index (χ3n) is 5.73. The Labute approximate surface area is 138 Å². The monoisotopic (exact) mass is 305 g/mol. The number of nitrogens with zero attached hydrogens (tertiary/aromatic N) is 1. The molecule has 2 aromatic rings. The van der Waals surface area contributed by atoms with Crippen LogP contribution in [-0.4, -0.2) is 23.9 Å². The van der Waals surface area contributed by atoms with Crippen molar-refractivity contribution in [2.24, 2.45) is 0 Å². The van der Waals surface area contributed by atoms with Crippen molar-refractivity contribution >= 4 is 5.91 Å². The third-order valence-corrected chi connectivity index (χ3v) is 5.73. The molecule has 0 atom stereocenters. The van der Waals surface area contributed by atoms with Crippen LogP contribution >= 0.6 is 0 Å². The molecule has 2 nitrogen and oxygen atoms in total. The van der Waals surface area contributed by atoms with E-state index in [1.165, 1.54) is 33.4 Å². The Morgan fingerprint density at radius 1 is 0.913 bits per heavy atom. The maximum absolute atomic E-state index is 11.7. The van der Waals surface area contributed by atoms with Crippen molar-refractivity contribution in [3.8, 4) is 11.1 Å². The minimum atomic E-state index is 0.0919. The van der Waals surface area contributed by atoms with Gasteiger partial charge in [0.25, 0.3) is 0 Å². The molecule has 4 rings (SSSR count). The summed E-state index contributed by atoms with van der Waals surface area (Å²) in [6, 6.07) is 13.7. The second-order valence-electron chi connectivity index (χ2n) is 7.19. The minimum absolute atomic E-state index is 0.0919. The van der Waals surface area contributed by atoms with Crippen LogP contribution in [0.2, 0.25) is 0 Å². The van der Waals surface area contributed by atoms with Crippen LogP contribution in [0.3, 0.4) is 0 Å². The summed E-state index contributed by atoms with van der Waals surface area (Å²) in [5, 5.41) is 0. The molecular formula is C21H23NO. The second kappa shape index (κ2) is 4.95. The maximum atomic E-state index is 11.7. The number of carbonyl (C=O) groups excluding carboxylic acids is 1. The zero-order chi connectivity index (χ0) is 16.2. The van der Waals surface area contributed by atoms with Gasteiger partial charge < -0.3 is 4.90 Å². The van der Waals surface area contributed by atoms with Crippen LogP contribution in [0.25, 0.3) is 11.1 Å². The van der Waals surface area contributed by atoms with Crippen molar-refractivity contribution in [1.82, 2.24) is 4.90 Å². The fourth-order valence-electron chi connectivity index (χ4n) is 4.46. The number of aryl methyl sites for hydroxylation is 2. The molecule has 0 saturated carbocycles. The number of hydrogen-bond acceptors (Lipinski definition) is 1. The average Bonchev–Trinajstić information content (AvgIpc) is 2.78. The van der Waals surface area contributed by atoms with Gasteiger partial charge in [-0.25, -0.2) is 0 Å². The largest absolute Gasteiger partial charge is 0.343 e. The van der Waals surface area contributed by atoms with Gasteiger partial charge >= 0.3 is 0 Å². The Morgan fingerprint density at radius 3 is 1.83 bits per heavy atom. The van der Waals surface area contributed by atoms with E-state index in [0.717, 1.165) is 25.9 Å². The fourth-order valence-corrected chi connectivity index (χ4v) is 4.46. The Balaban J connectivity index is 1.88. The van der Waals surface area contributed by atoms with E-state index in [-0.39, 0.29) is 11.3 Å². The zero-order valence-electron chi connectivity index (χ0n) is 14.1. The first-order valence-electron chi connectivity index (χ1n) is 8.49. The summed E-state index contributed by atoms with van der Waals surface area (Å²) in [6.45, 7) is 7.74. The Bertz CT molecular complexity index is 744. The number of rotatable bonds is 0. The molecule has 0 N–H and O–H groups in total. The fraction of sp³-hybridized carbons (Fsp3) is 0.381. The smallest absolute Gasteiger partial charge is 0.219 e. The van der Waals surface area contributed by atoms with E-state index in [0.29, 0.717) is 0 Å². The predicted octanol–water partition coefficient (Wildman–Crippen LogP) is 4.21. The van der Waals surface area contributed by atoms with Gasteiger partial charge in [-0.2, -0.15) is 0 Å². The summed E-state index contributed by atoms with van der Waals surface area (Å²) in [5.41, 5.74) is 8.46. The van der Waals surface area contributed by atoms with Crippen LogP contribution in [0.5, 0.6) is 0 Å². The summed E-state index contributed by atoms with van der Waals surface area (Å²) >= 11 is 0. The van der Waals surface area contributed by atoms with E-state index in [4.69, 9.17) is 0 Å². The summed E-state index contributed by atoms with van der Waals surface area (Å²) < 4.78 is 0. The molecule has 2 aliphatic rings. The van der Waals surface area contributed by atoms with Crippen LogP contribution in [0.1, 0.15) is 42.0 Å². The van der Waals surface area contributed by atoms with Crippen LogP contribution in [0.15, 0.2) is 36.4 Å². The molecule has 1 aliphatic carbocycles. The maximum Gasteiger partial charge on any atom is 0.219 e. The number of hydrogen-bond donors (Lipinski definition) is 0. The summed E-state index contributed by atoms with van der Waals surface area (Å²) in [6.07, 6.45) is 2.05. The molecule has 1 spiro atoms. The lowest BCUT2D eigenvalue weighted by atomic mass is 9.70. The zero-order valence-corrected chi connectivity index (χ0v) is 14.1. The molecule has 1 saturated heterocycles. The summed E-state index contributed by atoms with van der Waals surface area (Å²) in [4.78, 5) is 13.7. The lowest BCUT2D eigenvalue weighted by Crippen LogP contribution is -2.44. The van der Waals surface area contributed by atoms with Crippen LogP contribution in [0, 0.1) is 13.8 Å². The molecule has 1 heterocycles. The molecule has 23 heavy (non-hydrogen) atoms.